The van der Waals surface area contributed by atoms with E-state index in [1.165, 1.54) is 5.69 Å². The van der Waals surface area contributed by atoms with Crippen LogP contribution in [0.1, 0.15) is 35.7 Å². The number of hydrogen-bond acceptors (Lipinski definition) is 4. The SMILES string of the molecule is CCn1nc(C)cc1CNCc1nc(C)c(C)o1. The summed E-state index contributed by atoms with van der Waals surface area (Å²) in [6.45, 7) is 10.3. The van der Waals surface area contributed by atoms with Gasteiger partial charge in [0.1, 0.15) is 5.76 Å². The fourth-order valence-electron chi connectivity index (χ4n) is 1.93. The summed E-state index contributed by atoms with van der Waals surface area (Å²) in [7, 11) is 0. The van der Waals surface area contributed by atoms with Crippen LogP contribution in [0.2, 0.25) is 0 Å². The summed E-state index contributed by atoms with van der Waals surface area (Å²) < 4.78 is 7.53. The highest BCUT2D eigenvalue weighted by molar-refractivity contribution is 5.09. The lowest BCUT2D eigenvalue weighted by Gasteiger charge is -2.04. The number of nitrogens with one attached hydrogen (secondary N) is 1. The van der Waals surface area contributed by atoms with Crippen molar-refractivity contribution in [1.82, 2.24) is 20.1 Å². The Balaban J connectivity index is 1.91. The Morgan fingerprint density at radius 1 is 1.28 bits per heavy atom. The first-order chi connectivity index (χ1) is 8.60. The first-order valence-corrected chi connectivity index (χ1v) is 6.27. The van der Waals surface area contributed by atoms with Crippen molar-refractivity contribution >= 4 is 0 Å². The second kappa shape index (κ2) is 5.35. The zero-order chi connectivity index (χ0) is 13.1. The van der Waals surface area contributed by atoms with Gasteiger partial charge in [-0.05, 0) is 33.8 Å². The van der Waals surface area contributed by atoms with Gasteiger partial charge in [-0.15, -0.1) is 0 Å². The molecule has 0 aliphatic carbocycles. The first kappa shape index (κ1) is 12.8. The molecule has 0 atom stereocenters. The molecule has 2 heterocycles. The molecule has 98 valence electrons. The molecule has 0 saturated carbocycles. The highest BCUT2D eigenvalue weighted by atomic mass is 16.4. The van der Waals surface area contributed by atoms with Gasteiger partial charge in [-0.25, -0.2) is 4.98 Å². The minimum absolute atomic E-state index is 0.641. The minimum atomic E-state index is 0.641. The maximum Gasteiger partial charge on any atom is 0.208 e. The van der Waals surface area contributed by atoms with E-state index in [0.717, 1.165) is 36.1 Å². The van der Waals surface area contributed by atoms with Gasteiger partial charge in [-0.1, -0.05) is 0 Å². The lowest BCUT2D eigenvalue weighted by molar-refractivity contribution is 0.445. The number of aryl methyl sites for hydroxylation is 4. The predicted octanol–water partition coefficient (Wildman–Crippen LogP) is 2.11. The van der Waals surface area contributed by atoms with Crippen molar-refractivity contribution in [2.75, 3.05) is 0 Å². The smallest absolute Gasteiger partial charge is 0.208 e. The number of aromatic nitrogens is 3. The number of nitrogens with zero attached hydrogens (tertiary/aromatic N) is 3. The van der Waals surface area contributed by atoms with Gasteiger partial charge >= 0.3 is 0 Å². The Morgan fingerprint density at radius 2 is 2.06 bits per heavy atom. The van der Waals surface area contributed by atoms with E-state index in [-0.39, 0.29) is 0 Å². The minimum Gasteiger partial charge on any atom is -0.444 e. The van der Waals surface area contributed by atoms with Crippen LogP contribution in [0.15, 0.2) is 10.5 Å². The molecule has 1 N–H and O–H groups in total. The van der Waals surface area contributed by atoms with Crippen LogP contribution in [-0.4, -0.2) is 14.8 Å². The molecule has 2 aromatic rings. The molecule has 5 nitrogen and oxygen atoms in total. The van der Waals surface area contributed by atoms with E-state index >= 15 is 0 Å². The van der Waals surface area contributed by atoms with Crippen LogP contribution in [0.25, 0.3) is 0 Å². The Bertz CT molecular complexity index is 508. The number of rotatable bonds is 5. The fourth-order valence-corrected chi connectivity index (χ4v) is 1.93. The molecule has 2 rings (SSSR count). The van der Waals surface area contributed by atoms with Crippen molar-refractivity contribution in [2.45, 2.75) is 47.3 Å². The summed E-state index contributed by atoms with van der Waals surface area (Å²) in [5.41, 5.74) is 3.20. The van der Waals surface area contributed by atoms with E-state index < -0.39 is 0 Å². The van der Waals surface area contributed by atoms with E-state index in [1.807, 2.05) is 25.5 Å². The predicted molar refractivity (Wildman–Crippen MR) is 69.2 cm³/mol. The van der Waals surface area contributed by atoms with Crippen molar-refractivity contribution in [1.29, 1.82) is 0 Å². The van der Waals surface area contributed by atoms with Gasteiger partial charge in [0.2, 0.25) is 5.89 Å². The molecule has 0 radical (unpaired) electrons. The number of hydrogen-bond donors (Lipinski definition) is 1. The Hall–Kier alpha value is -1.62. The van der Waals surface area contributed by atoms with Crippen LogP contribution in [0.4, 0.5) is 0 Å². The average Bonchev–Trinajstić information content (AvgIpc) is 2.83. The molecule has 0 bridgehead atoms. The normalized spacial score (nSPS) is 11.1. The summed E-state index contributed by atoms with van der Waals surface area (Å²) in [5, 5.41) is 7.74. The van der Waals surface area contributed by atoms with Gasteiger partial charge < -0.3 is 9.73 Å². The zero-order valence-electron chi connectivity index (χ0n) is 11.4. The highest BCUT2D eigenvalue weighted by Crippen LogP contribution is 2.08. The van der Waals surface area contributed by atoms with Gasteiger partial charge in [0, 0.05) is 13.1 Å². The van der Waals surface area contributed by atoms with Crippen LogP contribution in [0.3, 0.4) is 0 Å². The Morgan fingerprint density at radius 3 is 2.67 bits per heavy atom. The van der Waals surface area contributed by atoms with Crippen LogP contribution < -0.4 is 5.32 Å². The molecule has 0 aliphatic rings. The summed E-state index contributed by atoms with van der Waals surface area (Å²) >= 11 is 0. The highest BCUT2D eigenvalue weighted by Gasteiger charge is 2.06. The van der Waals surface area contributed by atoms with Gasteiger partial charge in [0.25, 0.3) is 0 Å². The van der Waals surface area contributed by atoms with Crippen molar-refractivity contribution in [2.24, 2.45) is 0 Å². The van der Waals surface area contributed by atoms with Crippen LogP contribution in [-0.2, 0) is 19.6 Å². The van der Waals surface area contributed by atoms with Crippen LogP contribution in [0.5, 0.6) is 0 Å². The third kappa shape index (κ3) is 2.79. The van der Waals surface area contributed by atoms with Gasteiger partial charge in [-0.3, -0.25) is 4.68 Å². The van der Waals surface area contributed by atoms with E-state index in [9.17, 15) is 0 Å². The van der Waals surface area contributed by atoms with Crippen LogP contribution in [0, 0.1) is 20.8 Å². The standard InChI is InChI=1S/C13H20N4O/c1-5-17-12(6-9(2)16-17)7-14-8-13-15-10(3)11(4)18-13/h6,14H,5,7-8H2,1-4H3. The largest absolute Gasteiger partial charge is 0.444 e. The lowest BCUT2D eigenvalue weighted by atomic mass is 10.3. The fraction of sp³-hybridized carbons (Fsp3) is 0.538. The molecule has 0 fully saturated rings. The van der Waals surface area contributed by atoms with Crippen LogP contribution >= 0.6 is 0 Å². The summed E-state index contributed by atoms with van der Waals surface area (Å²) in [6.07, 6.45) is 0. The molecule has 0 amide bonds. The Labute approximate surface area is 107 Å². The van der Waals surface area contributed by atoms with E-state index in [0.29, 0.717) is 6.54 Å². The summed E-state index contributed by atoms with van der Waals surface area (Å²) in [6, 6.07) is 2.10. The van der Waals surface area contributed by atoms with E-state index in [1.54, 1.807) is 0 Å². The molecule has 0 saturated heterocycles. The molecule has 0 spiro atoms. The Kier molecular flexibility index (Phi) is 3.81. The first-order valence-electron chi connectivity index (χ1n) is 6.27. The van der Waals surface area contributed by atoms with Gasteiger partial charge in [0.15, 0.2) is 0 Å². The van der Waals surface area contributed by atoms with Crippen molar-refractivity contribution < 1.29 is 4.42 Å². The molecular formula is C13H20N4O. The summed E-state index contributed by atoms with van der Waals surface area (Å²) in [4.78, 5) is 4.34. The molecule has 5 heteroatoms. The number of oxazole rings is 1. The third-order valence-corrected chi connectivity index (χ3v) is 2.94. The van der Waals surface area contributed by atoms with Gasteiger partial charge in [-0.2, -0.15) is 5.10 Å². The van der Waals surface area contributed by atoms with Crippen molar-refractivity contribution in [3.63, 3.8) is 0 Å². The van der Waals surface area contributed by atoms with E-state index in [4.69, 9.17) is 4.42 Å². The second-order valence-electron chi connectivity index (χ2n) is 4.45. The second-order valence-corrected chi connectivity index (χ2v) is 4.45. The quantitative estimate of drug-likeness (QED) is 0.880. The molecule has 0 aliphatic heterocycles. The van der Waals surface area contributed by atoms with Gasteiger partial charge in [0.05, 0.1) is 23.6 Å². The lowest BCUT2D eigenvalue weighted by Crippen LogP contribution is -2.16. The average molecular weight is 248 g/mol. The molecular weight excluding hydrogens is 228 g/mol. The van der Waals surface area contributed by atoms with Crippen molar-refractivity contribution in [3.8, 4) is 0 Å². The molecule has 0 aromatic carbocycles. The maximum atomic E-state index is 5.52. The monoisotopic (exact) mass is 248 g/mol. The molecule has 2 aromatic heterocycles. The van der Waals surface area contributed by atoms with Crippen molar-refractivity contribution in [3.05, 3.63) is 34.8 Å². The third-order valence-electron chi connectivity index (χ3n) is 2.94. The van der Waals surface area contributed by atoms with E-state index in [2.05, 4.69) is 28.4 Å². The molecule has 0 unspecified atom stereocenters. The topological polar surface area (TPSA) is 55.9 Å². The summed E-state index contributed by atoms with van der Waals surface area (Å²) in [5.74, 6) is 1.63. The maximum absolute atomic E-state index is 5.52. The molecule has 18 heavy (non-hydrogen) atoms. The zero-order valence-corrected chi connectivity index (χ0v) is 11.4.